The van der Waals surface area contributed by atoms with Crippen LogP contribution in [0, 0.1) is 11.6 Å². The van der Waals surface area contributed by atoms with E-state index >= 15 is 0 Å². The molecule has 6 heteroatoms. The Labute approximate surface area is 121 Å². The van der Waals surface area contributed by atoms with E-state index in [0.29, 0.717) is 10.9 Å². The SMILES string of the molecule is NCCC(=O)OB(c1ccc(F)cc1)c1ccc(F)cc1. The first-order valence-corrected chi connectivity index (χ1v) is 6.50. The van der Waals surface area contributed by atoms with E-state index in [1.165, 1.54) is 48.5 Å². The summed E-state index contributed by atoms with van der Waals surface area (Å²) in [6.07, 6.45) is 0.0822. The molecule has 0 fully saturated rings. The molecule has 2 N–H and O–H groups in total. The predicted molar refractivity (Wildman–Crippen MR) is 77.6 cm³/mol. The summed E-state index contributed by atoms with van der Waals surface area (Å²) < 4.78 is 31.4. The first-order valence-electron chi connectivity index (χ1n) is 6.50. The van der Waals surface area contributed by atoms with Crippen LogP contribution in [0.15, 0.2) is 48.5 Å². The standard InChI is InChI=1S/C15H14BF2NO2/c17-13-5-1-11(2-6-13)16(21-15(20)9-10-19)12-3-7-14(18)8-4-12/h1-8H,9-10,19H2. The van der Waals surface area contributed by atoms with Crippen LogP contribution in [0.3, 0.4) is 0 Å². The monoisotopic (exact) mass is 289 g/mol. The van der Waals surface area contributed by atoms with Gasteiger partial charge in [-0.15, -0.1) is 0 Å². The molecule has 2 rings (SSSR count). The van der Waals surface area contributed by atoms with E-state index in [1.54, 1.807) is 0 Å². The minimum atomic E-state index is -0.717. The van der Waals surface area contributed by atoms with Gasteiger partial charge in [0.2, 0.25) is 0 Å². The lowest BCUT2D eigenvalue weighted by atomic mass is 9.55. The number of nitrogens with two attached hydrogens (primary N) is 1. The number of hydrogen-bond donors (Lipinski definition) is 1. The van der Waals surface area contributed by atoms with Gasteiger partial charge in [-0.2, -0.15) is 0 Å². The summed E-state index contributed by atoms with van der Waals surface area (Å²) >= 11 is 0. The molecule has 21 heavy (non-hydrogen) atoms. The van der Waals surface area contributed by atoms with Crippen molar-refractivity contribution in [2.75, 3.05) is 6.54 Å². The molecule has 0 bridgehead atoms. The van der Waals surface area contributed by atoms with Crippen LogP contribution < -0.4 is 16.7 Å². The third kappa shape index (κ3) is 4.13. The van der Waals surface area contributed by atoms with Crippen LogP contribution in [0.25, 0.3) is 0 Å². The van der Waals surface area contributed by atoms with Gasteiger partial charge >= 0.3 is 6.92 Å². The Morgan fingerprint density at radius 2 is 1.38 bits per heavy atom. The van der Waals surface area contributed by atoms with Crippen molar-refractivity contribution in [2.45, 2.75) is 6.42 Å². The van der Waals surface area contributed by atoms with Gasteiger partial charge in [0.05, 0.1) is 6.42 Å². The van der Waals surface area contributed by atoms with E-state index in [9.17, 15) is 13.6 Å². The molecule has 0 aromatic heterocycles. The number of halogens is 2. The Bertz CT molecular complexity index is 557. The highest BCUT2D eigenvalue weighted by molar-refractivity contribution is 6.81. The molecule has 2 aromatic carbocycles. The lowest BCUT2D eigenvalue weighted by Crippen LogP contribution is -2.46. The van der Waals surface area contributed by atoms with E-state index in [-0.39, 0.29) is 24.6 Å². The van der Waals surface area contributed by atoms with Crippen molar-refractivity contribution in [1.29, 1.82) is 0 Å². The number of carbonyl (C=O) groups excluding carboxylic acids is 1. The van der Waals surface area contributed by atoms with Crippen LogP contribution in [0.1, 0.15) is 6.42 Å². The molecule has 0 aliphatic carbocycles. The van der Waals surface area contributed by atoms with Gasteiger partial charge in [-0.3, -0.25) is 4.79 Å². The molecule has 108 valence electrons. The van der Waals surface area contributed by atoms with Gasteiger partial charge in [0.1, 0.15) is 11.6 Å². The molecular formula is C15H14BF2NO2. The lowest BCUT2D eigenvalue weighted by molar-refractivity contribution is -0.134. The molecule has 0 saturated heterocycles. The molecule has 0 atom stereocenters. The fourth-order valence-corrected chi connectivity index (χ4v) is 1.91. The predicted octanol–water partition coefficient (Wildman–Crippen LogP) is 0.963. The fourth-order valence-electron chi connectivity index (χ4n) is 1.91. The maximum atomic E-state index is 13.0. The van der Waals surface area contributed by atoms with Crippen LogP contribution in [-0.2, 0) is 9.45 Å². The second-order valence-corrected chi connectivity index (χ2v) is 4.51. The molecule has 0 radical (unpaired) electrons. The minimum Gasteiger partial charge on any atom is -0.526 e. The van der Waals surface area contributed by atoms with Crippen molar-refractivity contribution in [3.63, 3.8) is 0 Å². The third-order valence-corrected chi connectivity index (χ3v) is 2.94. The van der Waals surface area contributed by atoms with Gasteiger partial charge in [0.25, 0.3) is 5.97 Å². The minimum absolute atomic E-state index is 0.0822. The van der Waals surface area contributed by atoms with E-state index in [0.717, 1.165) is 0 Å². The Kier molecular flexibility index (Phi) is 5.06. The molecule has 0 aliphatic rings. The molecule has 2 aromatic rings. The van der Waals surface area contributed by atoms with Crippen LogP contribution in [0.2, 0.25) is 0 Å². The van der Waals surface area contributed by atoms with E-state index in [2.05, 4.69) is 0 Å². The second-order valence-electron chi connectivity index (χ2n) is 4.51. The van der Waals surface area contributed by atoms with Gasteiger partial charge in [0, 0.05) is 6.54 Å². The highest BCUT2D eigenvalue weighted by Crippen LogP contribution is 2.01. The van der Waals surface area contributed by atoms with Gasteiger partial charge in [-0.05, 0) is 35.2 Å². The number of hydrogen-bond acceptors (Lipinski definition) is 3. The average molecular weight is 289 g/mol. The number of rotatable bonds is 5. The Morgan fingerprint density at radius 3 is 1.76 bits per heavy atom. The van der Waals surface area contributed by atoms with Crippen molar-refractivity contribution in [1.82, 2.24) is 0 Å². The van der Waals surface area contributed by atoms with Crippen molar-refractivity contribution >= 4 is 23.8 Å². The van der Waals surface area contributed by atoms with Crippen LogP contribution in [0.5, 0.6) is 0 Å². The van der Waals surface area contributed by atoms with Gasteiger partial charge in [0.15, 0.2) is 0 Å². The first-order chi connectivity index (χ1) is 10.1. The molecule has 0 heterocycles. The fraction of sp³-hybridized carbons (Fsp3) is 0.133. The smallest absolute Gasteiger partial charge is 0.429 e. The summed E-state index contributed by atoms with van der Waals surface area (Å²) in [6.45, 7) is -0.538. The summed E-state index contributed by atoms with van der Waals surface area (Å²) in [6, 6.07) is 11.2. The molecular weight excluding hydrogens is 275 g/mol. The zero-order valence-electron chi connectivity index (χ0n) is 11.3. The molecule has 0 spiro atoms. The Morgan fingerprint density at radius 1 is 0.952 bits per heavy atom. The second kappa shape index (κ2) is 6.99. The van der Waals surface area contributed by atoms with Gasteiger partial charge in [-0.25, -0.2) is 8.78 Å². The van der Waals surface area contributed by atoms with Crippen LogP contribution in [-0.4, -0.2) is 19.4 Å². The summed E-state index contributed by atoms with van der Waals surface area (Å²) in [5, 5.41) is 0. The van der Waals surface area contributed by atoms with E-state index in [1.807, 2.05) is 0 Å². The average Bonchev–Trinajstić information content (AvgIpc) is 2.47. The Hall–Kier alpha value is -2.21. The van der Waals surface area contributed by atoms with Crippen molar-refractivity contribution in [2.24, 2.45) is 5.73 Å². The summed E-state index contributed by atoms with van der Waals surface area (Å²) in [5.74, 6) is -1.23. The normalized spacial score (nSPS) is 10.2. The number of benzene rings is 2. The zero-order chi connectivity index (χ0) is 15.2. The van der Waals surface area contributed by atoms with Gasteiger partial charge < -0.3 is 10.4 Å². The molecule has 0 unspecified atom stereocenters. The lowest BCUT2D eigenvalue weighted by Gasteiger charge is -2.15. The van der Waals surface area contributed by atoms with E-state index < -0.39 is 12.9 Å². The quantitative estimate of drug-likeness (QED) is 0.834. The molecule has 3 nitrogen and oxygen atoms in total. The van der Waals surface area contributed by atoms with Crippen molar-refractivity contribution in [3.05, 3.63) is 60.2 Å². The molecule has 0 amide bonds. The highest BCUT2D eigenvalue weighted by Gasteiger charge is 2.25. The maximum absolute atomic E-state index is 13.0. The summed E-state index contributed by atoms with van der Waals surface area (Å²) in [5.41, 5.74) is 6.53. The van der Waals surface area contributed by atoms with E-state index in [4.69, 9.17) is 10.4 Å². The maximum Gasteiger partial charge on any atom is 0.429 e. The van der Waals surface area contributed by atoms with Crippen LogP contribution >= 0.6 is 0 Å². The summed E-state index contributed by atoms with van der Waals surface area (Å²) in [4.78, 5) is 11.7. The van der Waals surface area contributed by atoms with Gasteiger partial charge in [-0.1, -0.05) is 24.3 Å². The van der Waals surface area contributed by atoms with Crippen molar-refractivity contribution in [3.8, 4) is 0 Å². The third-order valence-electron chi connectivity index (χ3n) is 2.94. The summed E-state index contributed by atoms with van der Waals surface area (Å²) in [7, 11) is 0. The number of carbonyl (C=O) groups is 1. The first kappa shape index (κ1) is 15.2. The topological polar surface area (TPSA) is 52.3 Å². The largest absolute Gasteiger partial charge is 0.526 e. The highest BCUT2D eigenvalue weighted by atomic mass is 19.1. The zero-order valence-corrected chi connectivity index (χ0v) is 11.3. The van der Waals surface area contributed by atoms with Crippen LogP contribution in [0.4, 0.5) is 8.78 Å². The Balaban J connectivity index is 2.31. The molecule has 0 aliphatic heterocycles. The van der Waals surface area contributed by atoms with Crippen molar-refractivity contribution < 1.29 is 18.2 Å². The molecule has 0 saturated carbocycles.